The molecule has 39 heavy (non-hydrogen) atoms. The number of nitrogens with one attached hydrogen (secondary N) is 1. The summed E-state index contributed by atoms with van der Waals surface area (Å²) in [5, 5.41) is 23.8. The number of thiazole rings is 1. The number of nitrogens with zero attached hydrogens (tertiary/aromatic N) is 4. The molecule has 1 fully saturated rings. The topological polar surface area (TPSA) is 214 Å². The van der Waals surface area contributed by atoms with Crippen LogP contribution in [0.4, 0.5) is 5.13 Å². The van der Waals surface area contributed by atoms with Gasteiger partial charge in [0.15, 0.2) is 5.13 Å². The second-order valence-electron chi connectivity index (χ2n) is 8.24. The SMILES string of the molecule is Nc1nc(C(N=O)C(=O)N[C@@H]2C(=O)N3C(C(=O)O)=C(Sc4ccncc4CSC[C@@H](N)CO)CS[C@@H]23)c(Cl)s1. The van der Waals surface area contributed by atoms with Crippen LogP contribution in [0.1, 0.15) is 17.3 Å². The predicted molar refractivity (Wildman–Crippen MR) is 151 cm³/mol. The number of thioether (sulfide) groups is 3. The maximum atomic E-state index is 13.0. The van der Waals surface area contributed by atoms with Crippen LogP contribution >= 0.6 is 58.2 Å². The zero-order valence-electron chi connectivity index (χ0n) is 19.9. The fourth-order valence-electron chi connectivity index (χ4n) is 3.75. The van der Waals surface area contributed by atoms with Crippen molar-refractivity contribution < 1.29 is 24.6 Å². The van der Waals surface area contributed by atoms with Crippen LogP contribution in [-0.2, 0) is 20.1 Å². The van der Waals surface area contributed by atoms with Crippen LogP contribution in [-0.4, -0.2) is 78.4 Å². The molecule has 2 aliphatic rings. The summed E-state index contributed by atoms with van der Waals surface area (Å²) < 4.78 is 0.0312. The summed E-state index contributed by atoms with van der Waals surface area (Å²) in [4.78, 5) is 59.9. The number of nitrogens with two attached hydrogens (primary N) is 2. The van der Waals surface area contributed by atoms with E-state index in [1.807, 2.05) is 0 Å². The number of aromatic nitrogens is 2. The molecule has 7 N–H and O–H groups in total. The van der Waals surface area contributed by atoms with Gasteiger partial charge in [0.2, 0.25) is 6.04 Å². The first-order valence-corrected chi connectivity index (χ1v) is 15.4. The molecule has 4 atom stereocenters. The van der Waals surface area contributed by atoms with Crippen molar-refractivity contribution in [2.24, 2.45) is 10.9 Å². The minimum Gasteiger partial charge on any atom is -0.477 e. The fourth-order valence-corrected chi connectivity index (χ4v) is 8.36. The Hall–Kier alpha value is -2.41. The molecule has 0 spiro atoms. The molecular weight excluding hydrogens is 610 g/mol. The lowest BCUT2D eigenvalue weighted by Gasteiger charge is -2.49. The number of amides is 2. The average molecular weight is 632 g/mol. The highest BCUT2D eigenvalue weighted by Gasteiger charge is 2.55. The number of nitroso groups, excluding NO2 is 1. The highest BCUT2D eigenvalue weighted by molar-refractivity contribution is 8.06. The van der Waals surface area contributed by atoms with E-state index in [2.05, 4.69) is 20.5 Å². The number of rotatable bonds is 12. The number of carboxylic acids is 1. The third-order valence-electron chi connectivity index (χ3n) is 5.59. The van der Waals surface area contributed by atoms with Crippen LogP contribution in [0.15, 0.2) is 39.1 Å². The second kappa shape index (κ2) is 12.8. The van der Waals surface area contributed by atoms with Gasteiger partial charge in [-0.05, 0) is 16.8 Å². The molecule has 0 bridgehead atoms. The molecule has 18 heteroatoms. The van der Waals surface area contributed by atoms with Crippen molar-refractivity contribution in [2.75, 3.05) is 23.8 Å². The van der Waals surface area contributed by atoms with E-state index in [1.165, 1.54) is 35.3 Å². The Bertz CT molecular complexity index is 1330. The predicted octanol–water partition coefficient (Wildman–Crippen LogP) is 1.62. The first-order chi connectivity index (χ1) is 18.7. The maximum Gasteiger partial charge on any atom is 0.353 e. The van der Waals surface area contributed by atoms with E-state index in [-0.39, 0.29) is 39.3 Å². The number of carbonyl (C=O) groups is 3. The zero-order valence-corrected chi connectivity index (χ0v) is 23.9. The van der Waals surface area contributed by atoms with Gasteiger partial charge in [0.25, 0.3) is 11.8 Å². The van der Waals surface area contributed by atoms with Gasteiger partial charge in [-0.15, -0.1) is 16.7 Å². The smallest absolute Gasteiger partial charge is 0.353 e. The number of hydrogen-bond acceptors (Lipinski definition) is 14. The number of aliphatic hydroxyl groups excluding tert-OH is 1. The molecule has 4 rings (SSSR count). The van der Waals surface area contributed by atoms with Gasteiger partial charge in [0, 0.05) is 45.5 Å². The Balaban J connectivity index is 1.49. The Kier molecular flexibility index (Phi) is 9.73. The third kappa shape index (κ3) is 6.34. The van der Waals surface area contributed by atoms with Gasteiger partial charge in [0.1, 0.15) is 27.1 Å². The molecule has 0 saturated carbocycles. The Morgan fingerprint density at radius 2 is 2.18 bits per heavy atom. The van der Waals surface area contributed by atoms with Gasteiger partial charge in [-0.3, -0.25) is 19.5 Å². The highest BCUT2D eigenvalue weighted by Crippen LogP contribution is 2.46. The van der Waals surface area contributed by atoms with Gasteiger partial charge < -0.3 is 27.0 Å². The Labute approximate surface area is 243 Å². The quantitative estimate of drug-likeness (QED) is 0.166. The molecular formula is C21H22ClN7O6S4. The van der Waals surface area contributed by atoms with Crippen molar-refractivity contribution in [3.8, 4) is 0 Å². The summed E-state index contributed by atoms with van der Waals surface area (Å²) >= 11 is 10.9. The van der Waals surface area contributed by atoms with Crippen LogP contribution in [0.2, 0.25) is 4.34 Å². The van der Waals surface area contributed by atoms with Gasteiger partial charge in [-0.25, -0.2) is 9.78 Å². The molecule has 0 aromatic carbocycles. The van der Waals surface area contributed by atoms with Crippen molar-refractivity contribution in [2.45, 2.75) is 34.1 Å². The second-order valence-corrected chi connectivity index (χ2v) is 13.1. The average Bonchev–Trinajstić information content (AvgIpc) is 3.25. The number of nitrogen functional groups attached to an aromatic ring is 1. The number of carboxylic acid groups (broad SMARTS) is 1. The normalized spacial score (nSPS) is 20.2. The summed E-state index contributed by atoms with van der Waals surface area (Å²) in [7, 11) is 0. The molecule has 1 saturated heterocycles. The first-order valence-electron chi connectivity index (χ1n) is 11.2. The monoisotopic (exact) mass is 631 g/mol. The van der Waals surface area contributed by atoms with Crippen LogP contribution in [0.5, 0.6) is 0 Å². The van der Waals surface area contributed by atoms with E-state index in [0.717, 1.165) is 26.7 Å². The van der Waals surface area contributed by atoms with Gasteiger partial charge >= 0.3 is 5.97 Å². The molecule has 0 aliphatic carbocycles. The molecule has 4 heterocycles. The number of β-lactam (4-membered cyclic amide) rings is 1. The molecule has 208 valence electrons. The van der Waals surface area contributed by atoms with Crippen molar-refractivity contribution in [3.63, 3.8) is 0 Å². The summed E-state index contributed by atoms with van der Waals surface area (Å²) in [5.41, 5.74) is 11.9. The van der Waals surface area contributed by atoms with E-state index < -0.39 is 35.2 Å². The minimum atomic E-state index is -1.61. The number of fused-ring (bicyclic) bond motifs is 1. The lowest BCUT2D eigenvalue weighted by atomic mass is 10.0. The summed E-state index contributed by atoms with van der Waals surface area (Å²) in [5.74, 6) is -1.45. The lowest BCUT2D eigenvalue weighted by molar-refractivity contribution is -0.150. The van der Waals surface area contributed by atoms with E-state index in [0.29, 0.717) is 16.4 Å². The minimum absolute atomic E-state index is 0.0312. The van der Waals surface area contributed by atoms with Gasteiger partial charge in [-0.2, -0.15) is 11.8 Å². The van der Waals surface area contributed by atoms with Crippen molar-refractivity contribution >= 4 is 81.1 Å². The Morgan fingerprint density at radius 3 is 2.82 bits per heavy atom. The number of anilines is 1. The molecule has 2 amide bonds. The van der Waals surface area contributed by atoms with E-state index in [1.54, 1.807) is 18.5 Å². The maximum absolute atomic E-state index is 13.0. The van der Waals surface area contributed by atoms with E-state index in [9.17, 15) is 24.4 Å². The van der Waals surface area contributed by atoms with Crippen LogP contribution in [0, 0.1) is 4.91 Å². The van der Waals surface area contributed by atoms with Crippen LogP contribution in [0.25, 0.3) is 0 Å². The highest BCUT2D eigenvalue weighted by atomic mass is 35.5. The molecule has 0 radical (unpaired) electrons. The molecule has 1 unspecified atom stereocenters. The van der Waals surface area contributed by atoms with E-state index >= 15 is 0 Å². The number of aliphatic hydroxyl groups is 1. The fraction of sp³-hybridized carbons (Fsp3) is 0.381. The van der Waals surface area contributed by atoms with Crippen molar-refractivity contribution in [1.29, 1.82) is 0 Å². The number of pyridine rings is 1. The largest absolute Gasteiger partial charge is 0.477 e. The first kappa shape index (κ1) is 29.6. The molecule has 2 aliphatic heterocycles. The number of aliphatic carboxylic acids is 1. The summed E-state index contributed by atoms with van der Waals surface area (Å²) in [6, 6.07) is -1.27. The standard InChI is InChI=1S/C21H22ClN7O6S4/c22-16-12(27-21(24)39-16)13(28-35)17(31)26-14-18(32)29-15(20(33)34)11(7-37-19(14)29)38-10-1-2-25-3-8(10)5-36-6-9(23)4-30/h1-3,9,13-14,19,30H,4-7,23H2,(H2,24,27)(H,26,31)(H,33,34)/t9-,13?,14+,19-/m0/s1. The zero-order chi connectivity index (χ0) is 28.3. The van der Waals surface area contributed by atoms with Crippen molar-refractivity contribution in [1.82, 2.24) is 20.2 Å². The number of carbonyl (C=O) groups excluding carboxylic acids is 2. The number of halogens is 1. The van der Waals surface area contributed by atoms with Crippen molar-refractivity contribution in [3.05, 3.63) is 49.6 Å². The Morgan fingerprint density at radius 1 is 1.41 bits per heavy atom. The summed E-state index contributed by atoms with van der Waals surface area (Å²) in [6.07, 6.45) is 3.27. The molecule has 2 aromatic heterocycles. The lowest BCUT2D eigenvalue weighted by Crippen LogP contribution is -2.70. The van der Waals surface area contributed by atoms with Crippen LogP contribution in [0.3, 0.4) is 0 Å². The number of hydrogen-bond donors (Lipinski definition) is 5. The van der Waals surface area contributed by atoms with E-state index in [4.69, 9.17) is 28.2 Å². The van der Waals surface area contributed by atoms with Crippen LogP contribution < -0.4 is 16.8 Å². The van der Waals surface area contributed by atoms with Gasteiger partial charge in [0.05, 0.1) is 6.61 Å². The van der Waals surface area contributed by atoms with Gasteiger partial charge in [-0.1, -0.05) is 34.7 Å². The summed E-state index contributed by atoms with van der Waals surface area (Å²) in [6.45, 7) is -0.125. The molecule has 2 aromatic rings. The molecule has 13 nitrogen and oxygen atoms in total. The third-order valence-corrected chi connectivity index (χ3v) is 10.5.